The molecule has 1 heterocycles. The van der Waals surface area contributed by atoms with E-state index in [1.807, 2.05) is 0 Å². The summed E-state index contributed by atoms with van der Waals surface area (Å²) < 4.78 is 0. The lowest BCUT2D eigenvalue weighted by atomic mass is 10.1. The number of hydrogen-bond acceptors (Lipinski definition) is 1. The summed E-state index contributed by atoms with van der Waals surface area (Å²) in [5.41, 5.74) is 4.64. The molecule has 92 valence electrons. The number of aryl methyl sites for hydroxylation is 2. The van der Waals surface area contributed by atoms with E-state index in [0.29, 0.717) is 6.04 Å². The number of halogens is 1. The predicted octanol–water partition coefficient (Wildman–Crippen LogP) is 3.38. The molecule has 1 saturated heterocycles. The molecule has 0 radical (unpaired) electrons. The summed E-state index contributed by atoms with van der Waals surface area (Å²) in [5, 5.41) is 0. The molecule has 0 spiro atoms. The zero-order valence-electron chi connectivity index (χ0n) is 10.3. The van der Waals surface area contributed by atoms with Crippen molar-refractivity contribution in [2.24, 2.45) is 0 Å². The van der Waals surface area contributed by atoms with Crippen LogP contribution in [0.2, 0.25) is 0 Å². The molecular formula is C15H20ClN. The number of fused-ring (bicyclic) bond motifs is 1. The van der Waals surface area contributed by atoms with Gasteiger partial charge in [0.25, 0.3) is 0 Å². The molecule has 1 unspecified atom stereocenters. The van der Waals surface area contributed by atoms with Crippen LogP contribution in [0.3, 0.4) is 0 Å². The number of benzene rings is 1. The molecule has 1 aliphatic carbocycles. The van der Waals surface area contributed by atoms with Gasteiger partial charge in [-0.2, -0.15) is 0 Å². The van der Waals surface area contributed by atoms with Crippen molar-refractivity contribution >= 4 is 11.6 Å². The van der Waals surface area contributed by atoms with E-state index in [4.69, 9.17) is 11.6 Å². The van der Waals surface area contributed by atoms with Crippen LogP contribution in [-0.4, -0.2) is 23.4 Å². The molecule has 0 N–H and O–H groups in total. The van der Waals surface area contributed by atoms with E-state index in [1.165, 1.54) is 44.2 Å². The second-order valence-electron chi connectivity index (χ2n) is 5.38. The van der Waals surface area contributed by atoms with Gasteiger partial charge in [-0.25, -0.2) is 0 Å². The summed E-state index contributed by atoms with van der Waals surface area (Å²) >= 11 is 6.02. The van der Waals surface area contributed by atoms with Gasteiger partial charge < -0.3 is 0 Å². The summed E-state index contributed by atoms with van der Waals surface area (Å²) in [4.78, 5) is 2.55. The summed E-state index contributed by atoms with van der Waals surface area (Å²) in [7, 11) is 0. The fraction of sp³-hybridized carbons (Fsp3) is 0.600. The SMILES string of the molecule is ClCC1CCCN1Cc1ccc2c(c1)CCC2. The highest BCUT2D eigenvalue weighted by Crippen LogP contribution is 2.25. The summed E-state index contributed by atoms with van der Waals surface area (Å²) in [6.07, 6.45) is 6.48. The normalized spacial score (nSPS) is 24.2. The molecule has 1 nitrogen and oxygen atoms in total. The first-order valence-electron chi connectivity index (χ1n) is 6.77. The Bertz CT molecular complexity index is 402. The second-order valence-corrected chi connectivity index (χ2v) is 5.69. The topological polar surface area (TPSA) is 3.24 Å². The molecule has 1 aliphatic heterocycles. The third-order valence-electron chi connectivity index (χ3n) is 4.23. The standard InChI is InChI=1S/C15H20ClN/c16-10-15-5-2-8-17(15)11-12-6-7-13-3-1-4-14(13)9-12/h6-7,9,15H,1-5,8,10-11H2. The third kappa shape index (κ3) is 2.36. The minimum absolute atomic E-state index is 0.602. The van der Waals surface area contributed by atoms with Crippen LogP contribution in [0.25, 0.3) is 0 Å². The summed E-state index contributed by atoms with van der Waals surface area (Å²) in [6, 6.07) is 7.67. The van der Waals surface area contributed by atoms with Crippen LogP contribution in [-0.2, 0) is 19.4 Å². The Kier molecular flexibility index (Phi) is 3.39. The minimum Gasteiger partial charge on any atom is -0.295 e. The molecule has 0 aromatic heterocycles. The van der Waals surface area contributed by atoms with Gasteiger partial charge in [-0.1, -0.05) is 18.2 Å². The highest BCUT2D eigenvalue weighted by atomic mass is 35.5. The van der Waals surface area contributed by atoms with Crippen molar-refractivity contribution in [3.05, 3.63) is 34.9 Å². The molecule has 1 atom stereocenters. The zero-order valence-corrected chi connectivity index (χ0v) is 11.0. The molecule has 2 heteroatoms. The Labute approximate surface area is 109 Å². The molecule has 2 aliphatic rings. The van der Waals surface area contributed by atoms with Crippen LogP contribution in [0.15, 0.2) is 18.2 Å². The maximum Gasteiger partial charge on any atom is 0.0379 e. The minimum atomic E-state index is 0.602. The molecule has 0 amide bonds. The van der Waals surface area contributed by atoms with Crippen molar-refractivity contribution in [1.82, 2.24) is 4.90 Å². The van der Waals surface area contributed by atoms with Gasteiger partial charge in [0, 0.05) is 18.5 Å². The molecule has 0 bridgehead atoms. The van der Waals surface area contributed by atoms with Crippen LogP contribution in [0.4, 0.5) is 0 Å². The van der Waals surface area contributed by atoms with Gasteiger partial charge >= 0.3 is 0 Å². The van der Waals surface area contributed by atoms with E-state index in [2.05, 4.69) is 23.1 Å². The average Bonchev–Trinajstić information content (AvgIpc) is 2.96. The van der Waals surface area contributed by atoms with Gasteiger partial charge in [0.15, 0.2) is 0 Å². The van der Waals surface area contributed by atoms with Crippen LogP contribution in [0, 0.1) is 0 Å². The average molecular weight is 250 g/mol. The zero-order chi connectivity index (χ0) is 11.7. The van der Waals surface area contributed by atoms with Crippen molar-refractivity contribution < 1.29 is 0 Å². The monoisotopic (exact) mass is 249 g/mol. The maximum atomic E-state index is 6.02. The van der Waals surface area contributed by atoms with Gasteiger partial charge in [0.05, 0.1) is 0 Å². The number of alkyl halides is 1. The van der Waals surface area contributed by atoms with Gasteiger partial charge in [-0.15, -0.1) is 11.6 Å². The highest BCUT2D eigenvalue weighted by molar-refractivity contribution is 6.18. The predicted molar refractivity (Wildman–Crippen MR) is 72.6 cm³/mol. The molecule has 1 fully saturated rings. The van der Waals surface area contributed by atoms with Gasteiger partial charge in [0.1, 0.15) is 0 Å². The molecule has 0 saturated carbocycles. The Morgan fingerprint density at radius 2 is 2.06 bits per heavy atom. The number of hydrogen-bond donors (Lipinski definition) is 0. The fourth-order valence-corrected chi connectivity index (χ4v) is 3.59. The first kappa shape index (κ1) is 11.6. The molecular weight excluding hydrogens is 230 g/mol. The van der Waals surface area contributed by atoms with E-state index in [0.717, 1.165) is 12.4 Å². The van der Waals surface area contributed by atoms with E-state index in [9.17, 15) is 0 Å². The lowest BCUT2D eigenvalue weighted by molar-refractivity contribution is 0.263. The highest BCUT2D eigenvalue weighted by Gasteiger charge is 2.23. The number of likely N-dealkylation sites (tertiary alicyclic amines) is 1. The first-order chi connectivity index (χ1) is 8.36. The molecule has 17 heavy (non-hydrogen) atoms. The van der Waals surface area contributed by atoms with Crippen molar-refractivity contribution in [3.8, 4) is 0 Å². The summed E-state index contributed by atoms with van der Waals surface area (Å²) in [5.74, 6) is 0.783. The number of nitrogens with zero attached hydrogens (tertiary/aromatic N) is 1. The van der Waals surface area contributed by atoms with Gasteiger partial charge in [-0.3, -0.25) is 4.90 Å². The van der Waals surface area contributed by atoms with E-state index in [-0.39, 0.29) is 0 Å². The van der Waals surface area contributed by atoms with Gasteiger partial charge in [0.2, 0.25) is 0 Å². The van der Waals surface area contributed by atoms with E-state index in [1.54, 1.807) is 11.1 Å². The quantitative estimate of drug-likeness (QED) is 0.743. The van der Waals surface area contributed by atoms with Crippen molar-refractivity contribution in [1.29, 1.82) is 0 Å². The Hall–Kier alpha value is -0.530. The molecule has 1 aromatic carbocycles. The van der Waals surface area contributed by atoms with E-state index < -0.39 is 0 Å². The Morgan fingerprint density at radius 1 is 1.18 bits per heavy atom. The maximum absolute atomic E-state index is 6.02. The van der Waals surface area contributed by atoms with Crippen LogP contribution in [0.1, 0.15) is 36.0 Å². The van der Waals surface area contributed by atoms with Crippen LogP contribution < -0.4 is 0 Å². The smallest absolute Gasteiger partial charge is 0.0379 e. The van der Waals surface area contributed by atoms with Crippen molar-refractivity contribution in [3.63, 3.8) is 0 Å². The largest absolute Gasteiger partial charge is 0.295 e. The van der Waals surface area contributed by atoms with Gasteiger partial charge in [-0.05, 0) is 55.3 Å². The lowest BCUT2D eigenvalue weighted by Gasteiger charge is -2.22. The van der Waals surface area contributed by atoms with Crippen molar-refractivity contribution in [2.45, 2.75) is 44.7 Å². The third-order valence-corrected chi connectivity index (χ3v) is 4.58. The molecule has 1 aromatic rings. The lowest BCUT2D eigenvalue weighted by Crippen LogP contribution is -2.30. The Balaban J connectivity index is 1.72. The summed E-state index contributed by atoms with van der Waals surface area (Å²) in [6.45, 7) is 2.30. The second kappa shape index (κ2) is 4.99. The Morgan fingerprint density at radius 3 is 2.94 bits per heavy atom. The van der Waals surface area contributed by atoms with Crippen LogP contribution in [0.5, 0.6) is 0 Å². The number of rotatable bonds is 3. The van der Waals surface area contributed by atoms with Crippen molar-refractivity contribution in [2.75, 3.05) is 12.4 Å². The fourth-order valence-electron chi connectivity index (χ4n) is 3.24. The van der Waals surface area contributed by atoms with Crippen LogP contribution >= 0.6 is 11.6 Å². The van der Waals surface area contributed by atoms with E-state index >= 15 is 0 Å². The molecule has 3 rings (SSSR count). The first-order valence-corrected chi connectivity index (χ1v) is 7.31.